The Morgan fingerprint density at radius 3 is 1.89 bits per heavy atom. The highest BCUT2D eigenvalue weighted by molar-refractivity contribution is 6.55. The average molecular weight is 258 g/mol. The molecule has 0 aromatic carbocycles. The lowest BCUT2D eigenvalue weighted by Crippen LogP contribution is -2.28. The fourth-order valence-electron chi connectivity index (χ4n) is 3.79. The lowest BCUT2D eigenvalue weighted by atomic mass is 9.34. The summed E-state index contributed by atoms with van der Waals surface area (Å²) in [5.74, 6) is 0.771. The molecule has 1 aliphatic carbocycles. The van der Waals surface area contributed by atoms with Crippen LogP contribution in [0.1, 0.15) is 77.0 Å². The van der Waals surface area contributed by atoms with Gasteiger partial charge in [0, 0.05) is 0 Å². The van der Waals surface area contributed by atoms with Gasteiger partial charge in [-0.15, -0.1) is 0 Å². The Hall–Kier alpha value is 0.0899. The Labute approximate surface area is 122 Å². The molecule has 105 valence electrons. The molecule has 2 fully saturated rings. The van der Waals surface area contributed by atoms with E-state index in [-0.39, 0.29) is 5.21 Å². The largest absolute Gasteiger partial charge is 0.317 e. The van der Waals surface area contributed by atoms with E-state index in [4.69, 9.17) is 7.85 Å². The Bertz CT molecular complexity index is 227. The van der Waals surface area contributed by atoms with Crippen molar-refractivity contribution in [3.8, 4) is 0 Å². The van der Waals surface area contributed by atoms with Gasteiger partial charge in [-0.05, 0) is 25.9 Å². The first-order valence-electron chi connectivity index (χ1n) is 8.64. The molecule has 0 amide bonds. The molecule has 3 radical (unpaired) electrons. The summed E-state index contributed by atoms with van der Waals surface area (Å²) in [7, 11) is 9.32. The van der Waals surface area contributed by atoms with Gasteiger partial charge < -0.3 is 5.32 Å². The minimum atomic E-state index is 0.0433. The van der Waals surface area contributed by atoms with Crippen LogP contribution in [0.5, 0.6) is 0 Å². The molecular formula is C16H30B2N. The Kier molecular flexibility index (Phi) is 6.84. The quantitative estimate of drug-likeness (QED) is 0.736. The van der Waals surface area contributed by atoms with E-state index in [1.54, 1.807) is 0 Å². The second-order valence-electron chi connectivity index (χ2n) is 6.82. The van der Waals surface area contributed by atoms with Crippen LogP contribution in [-0.2, 0) is 0 Å². The first-order chi connectivity index (χ1) is 9.29. The maximum Gasteiger partial charge on any atom is 0.111 e. The molecule has 0 unspecified atom stereocenters. The van der Waals surface area contributed by atoms with E-state index >= 15 is 0 Å². The van der Waals surface area contributed by atoms with Gasteiger partial charge in [0.15, 0.2) is 0 Å². The average Bonchev–Trinajstić information content (AvgIpc) is 2.45. The molecule has 0 bridgehead atoms. The summed E-state index contributed by atoms with van der Waals surface area (Å²) >= 11 is 0. The third-order valence-corrected chi connectivity index (χ3v) is 4.96. The number of hydrogen-bond acceptors (Lipinski definition) is 1. The van der Waals surface area contributed by atoms with Gasteiger partial charge in [0.05, 0.1) is 7.85 Å². The Morgan fingerprint density at radius 2 is 1.32 bits per heavy atom. The fraction of sp³-hybridized carbons (Fsp3) is 1.00. The molecule has 1 nitrogen and oxygen atoms in total. The van der Waals surface area contributed by atoms with Crippen LogP contribution in [0.15, 0.2) is 0 Å². The van der Waals surface area contributed by atoms with Crippen molar-refractivity contribution in [2.75, 3.05) is 13.1 Å². The first-order valence-corrected chi connectivity index (χ1v) is 8.64. The van der Waals surface area contributed by atoms with Crippen molar-refractivity contribution in [1.29, 1.82) is 0 Å². The van der Waals surface area contributed by atoms with Gasteiger partial charge in [0.25, 0.3) is 0 Å². The van der Waals surface area contributed by atoms with E-state index in [9.17, 15) is 0 Å². The van der Waals surface area contributed by atoms with Gasteiger partial charge >= 0.3 is 0 Å². The van der Waals surface area contributed by atoms with Crippen LogP contribution in [0.4, 0.5) is 0 Å². The zero-order chi connectivity index (χ0) is 13.4. The molecule has 2 aliphatic rings. The number of hydrogen-bond donors (Lipinski definition) is 1. The zero-order valence-corrected chi connectivity index (χ0v) is 12.6. The highest BCUT2D eigenvalue weighted by atomic mass is 14.8. The maximum atomic E-state index is 6.75. The molecule has 0 atom stereocenters. The minimum absolute atomic E-state index is 0.0433. The zero-order valence-electron chi connectivity index (χ0n) is 12.6. The van der Waals surface area contributed by atoms with E-state index in [1.807, 2.05) is 0 Å². The molecule has 1 heterocycles. The Balaban J connectivity index is 1.84. The SMILES string of the molecule is [B]C1([B]C2CCCNCCC2)CCCCCCCC1. The van der Waals surface area contributed by atoms with E-state index < -0.39 is 0 Å². The molecule has 0 aromatic heterocycles. The van der Waals surface area contributed by atoms with Gasteiger partial charge in [-0.1, -0.05) is 75.2 Å². The highest BCUT2D eigenvalue weighted by Crippen LogP contribution is 2.40. The standard InChI is InChI=1S/C16H30B2N/c17-16(11-5-3-1-2-4-6-12-16)18-15-9-7-13-19-14-8-10-15/h15,19H,1-14H2. The summed E-state index contributed by atoms with van der Waals surface area (Å²) in [5.41, 5.74) is 0. The van der Waals surface area contributed by atoms with Gasteiger partial charge in [-0.2, -0.15) is 0 Å². The van der Waals surface area contributed by atoms with Crippen molar-refractivity contribution < 1.29 is 0 Å². The highest BCUT2D eigenvalue weighted by Gasteiger charge is 2.28. The van der Waals surface area contributed by atoms with Crippen molar-refractivity contribution in [1.82, 2.24) is 5.32 Å². The van der Waals surface area contributed by atoms with E-state index in [0.717, 1.165) is 5.82 Å². The molecule has 19 heavy (non-hydrogen) atoms. The molecule has 0 spiro atoms. The van der Waals surface area contributed by atoms with Crippen molar-refractivity contribution in [2.24, 2.45) is 0 Å². The van der Waals surface area contributed by atoms with Crippen LogP contribution in [0.25, 0.3) is 0 Å². The molecule has 1 N–H and O–H groups in total. The normalized spacial score (nSPS) is 27.4. The number of nitrogens with one attached hydrogen (secondary N) is 1. The van der Waals surface area contributed by atoms with Gasteiger partial charge in [0.1, 0.15) is 7.28 Å². The van der Waals surface area contributed by atoms with Crippen LogP contribution in [0.3, 0.4) is 0 Å². The summed E-state index contributed by atoms with van der Waals surface area (Å²) in [4.78, 5) is 0. The summed E-state index contributed by atoms with van der Waals surface area (Å²) < 4.78 is 0. The predicted molar refractivity (Wildman–Crippen MR) is 86.2 cm³/mol. The summed E-state index contributed by atoms with van der Waals surface area (Å²) in [6, 6.07) is 0. The van der Waals surface area contributed by atoms with Crippen molar-refractivity contribution in [3.05, 3.63) is 0 Å². The van der Waals surface area contributed by atoms with Crippen LogP contribution in [-0.4, -0.2) is 28.2 Å². The summed E-state index contributed by atoms with van der Waals surface area (Å²) in [6.07, 6.45) is 16.1. The van der Waals surface area contributed by atoms with E-state index in [1.165, 1.54) is 90.1 Å². The van der Waals surface area contributed by atoms with Gasteiger partial charge in [0.2, 0.25) is 0 Å². The molecule has 3 heteroatoms. The molecule has 0 aromatic rings. The fourth-order valence-corrected chi connectivity index (χ4v) is 3.79. The minimum Gasteiger partial charge on any atom is -0.317 e. The van der Waals surface area contributed by atoms with Crippen LogP contribution in [0, 0.1) is 0 Å². The molecule has 1 saturated heterocycles. The summed E-state index contributed by atoms with van der Waals surface area (Å²) in [5, 5.41) is 3.55. The van der Waals surface area contributed by atoms with Gasteiger partial charge in [-0.3, -0.25) is 0 Å². The maximum absolute atomic E-state index is 6.75. The van der Waals surface area contributed by atoms with Crippen molar-refractivity contribution >= 4 is 15.1 Å². The smallest absolute Gasteiger partial charge is 0.111 e. The predicted octanol–water partition coefficient (Wildman–Crippen LogP) is 4.06. The third-order valence-electron chi connectivity index (χ3n) is 4.96. The van der Waals surface area contributed by atoms with E-state index in [2.05, 4.69) is 12.6 Å². The topological polar surface area (TPSA) is 12.0 Å². The first kappa shape index (κ1) is 15.5. The molecule has 1 saturated carbocycles. The van der Waals surface area contributed by atoms with Crippen LogP contribution in [0.2, 0.25) is 11.0 Å². The summed E-state index contributed by atoms with van der Waals surface area (Å²) in [6.45, 7) is 2.39. The second-order valence-corrected chi connectivity index (χ2v) is 6.82. The van der Waals surface area contributed by atoms with Crippen LogP contribution < -0.4 is 5.32 Å². The molecular weight excluding hydrogens is 228 g/mol. The van der Waals surface area contributed by atoms with Crippen LogP contribution >= 0.6 is 0 Å². The lowest BCUT2D eigenvalue weighted by Gasteiger charge is -2.34. The second kappa shape index (κ2) is 8.39. The van der Waals surface area contributed by atoms with Crippen molar-refractivity contribution in [2.45, 2.75) is 88.1 Å². The monoisotopic (exact) mass is 258 g/mol. The van der Waals surface area contributed by atoms with E-state index in [0.29, 0.717) is 0 Å². The number of rotatable bonds is 2. The van der Waals surface area contributed by atoms with Gasteiger partial charge in [-0.25, -0.2) is 0 Å². The van der Waals surface area contributed by atoms with Crippen molar-refractivity contribution in [3.63, 3.8) is 0 Å². The molecule has 2 rings (SSSR count). The lowest BCUT2D eigenvalue weighted by molar-refractivity contribution is 0.498. The molecule has 1 aliphatic heterocycles. The Morgan fingerprint density at radius 1 is 0.789 bits per heavy atom. The third kappa shape index (κ3) is 5.94.